The number of rotatable bonds is 7. The average molecular weight is 429 g/mol. The lowest BCUT2D eigenvalue weighted by Gasteiger charge is -2.29. The number of amides is 2. The van der Waals surface area contributed by atoms with Crippen LogP contribution in [0, 0.1) is 0 Å². The number of aliphatic hydroxyl groups is 1. The van der Waals surface area contributed by atoms with E-state index in [1.165, 1.54) is 18.6 Å². The Bertz CT molecular complexity index is 992. The van der Waals surface area contributed by atoms with Crippen molar-refractivity contribution in [3.05, 3.63) is 71.1 Å². The molecule has 3 rings (SSSR count). The number of nitrogens with zero attached hydrogens (tertiary/aromatic N) is 3. The van der Waals surface area contributed by atoms with Crippen molar-refractivity contribution in [2.75, 3.05) is 18.5 Å². The molecule has 1 unspecified atom stereocenters. The second-order valence-corrected chi connectivity index (χ2v) is 7.22. The van der Waals surface area contributed by atoms with Gasteiger partial charge in [-0.15, -0.1) is 0 Å². The van der Waals surface area contributed by atoms with Crippen LogP contribution in [-0.2, 0) is 0 Å². The maximum Gasteiger partial charge on any atom is 0.277 e. The van der Waals surface area contributed by atoms with Crippen LogP contribution in [0.1, 0.15) is 34.3 Å². The van der Waals surface area contributed by atoms with Gasteiger partial charge in [0.15, 0.2) is 11.4 Å². The van der Waals surface area contributed by atoms with Crippen molar-refractivity contribution >= 4 is 29.2 Å². The fourth-order valence-electron chi connectivity index (χ4n) is 2.77. The van der Waals surface area contributed by atoms with Gasteiger partial charge >= 0.3 is 0 Å². The number of anilines is 1. The molecule has 4 N–H and O–H groups in total. The zero-order chi connectivity index (χ0) is 21.6. The Balaban J connectivity index is 1.71. The Kier molecular flexibility index (Phi) is 6.76. The van der Waals surface area contributed by atoms with E-state index in [2.05, 4.69) is 30.9 Å². The molecule has 1 atom stereocenters. The molecule has 0 bridgehead atoms. The van der Waals surface area contributed by atoms with Crippen molar-refractivity contribution in [1.29, 1.82) is 0 Å². The summed E-state index contributed by atoms with van der Waals surface area (Å²) in [7, 11) is 0. The van der Waals surface area contributed by atoms with Gasteiger partial charge < -0.3 is 21.1 Å². The van der Waals surface area contributed by atoms with Gasteiger partial charge in [-0.3, -0.25) is 9.59 Å². The van der Waals surface area contributed by atoms with Crippen molar-refractivity contribution in [3.8, 4) is 0 Å². The summed E-state index contributed by atoms with van der Waals surface area (Å²) in [6.45, 7) is 2.33. The molecule has 9 nitrogen and oxygen atoms in total. The van der Waals surface area contributed by atoms with Gasteiger partial charge in [0.1, 0.15) is 5.82 Å². The van der Waals surface area contributed by atoms with E-state index in [9.17, 15) is 9.59 Å². The summed E-state index contributed by atoms with van der Waals surface area (Å²) in [4.78, 5) is 37.6. The third kappa shape index (κ3) is 5.40. The first-order chi connectivity index (χ1) is 14.4. The molecule has 2 heterocycles. The summed E-state index contributed by atoms with van der Waals surface area (Å²) >= 11 is 5.80. The molecule has 0 aromatic carbocycles. The number of halogens is 1. The highest BCUT2D eigenvalue weighted by molar-refractivity contribution is 6.30. The number of aromatic nitrogens is 3. The molecule has 2 aromatic rings. The number of carbonyl (C=O) groups excluding carboxylic acids is 2. The third-order valence-electron chi connectivity index (χ3n) is 4.31. The van der Waals surface area contributed by atoms with Gasteiger partial charge in [-0.25, -0.2) is 15.0 Å². The van der Waals surface area contributed by atoms with Gasteiger partial charge in [-0.1, -0.05) is 23.8 Å². The van der Waals surface area contributed by atoms with E-state index < -0.39 is 17.4 Å². The van der Waals surface area contributed by atoms with Gasteiger partial charge in [0.05, 0.1) is 17.2 Å². The lowest BCUT2D eigenvalue weighted by atomic mass is 9.92. The van der Waals surface area contributed by atoms with Crippen LogP contribution in [-0.4, -0.2) is 50.6 Å². The van der Waals surface area contributed by atoms with Crippen LogP contribution in [0.4, 0.5) is 5.82 Å². The molecule has 0 fully saturated rings. The largest absolute Gasteiger partial charge is 0.395 e. The highest BCUT2D eigenvalue weighted by Crippen LogP contribution is 2.20. The number of allylic oxidation sites excluding steroid dienone is 1. The van der Waals surface area contributed by atoms with E-state index in [1.54, 1.807) is 12.1 Å². The number of hydrogen-bond acceptors (Lipinski definition) is 7. The van der Waals surface area contributed by atoms with E-state index >= 15 is 0 Å². The highest BCUT2D eigenvalue weighted by Gasteiger charge is 2.28. The maximum atomic E-state index is 12.9. The zero-order valence-electron chi connectivity index (χ0n) is 16.2. The van der Waals surface area contributed by atoms with Gasteiger partial charge in [0, 0.05) is 30.8 Å². The number of nitrogens with one attached hydrogen (secondary N) is 3. The molecule has 0 saturated heterocycles. The van der Waals surface area contributed by atoms with Crippen LogP contribution in [0.3, 0.4) is 0 Å². The topological polar surface area (TPSA) is 129 Å². The Morgan fingerprint density at radius 2 is 1.90 bits per heavy atom. The van der Waals surface area contributed by atoms with E-state index in [0.29, 0.717) is 18.0 Å². The van der Waals surface area contributed by atoms with Crippen LogP contribution < -0.4 is 16.0 Å². The molecular formula is C20H21ClN6O3. The maximum absolute atomic E-state index is 12.9. The third-order valence-corrected chi connectivity index (χ3v) is 4.54. The molecule has 2 amide bonds. The Morgan fingerprint density at radius 3 is 2.50 bits per heavy atom. The molecular weight excluding hydrogens is 408 g/mol. The summed E-state index contributed by atoms with van der Waals surface area (Å²) in [5, 5.41) is 17.9. The quantitative estimate of drug-likeness (QED) is 0.528. The van der Waals surface area contributed by atoms with Gasteiger partial charge in [0.25, 0.3) is 11.8 Å². The lowest BCUT2D eigenvalue weighted by Crippen LogP contribution is -2.46. The summed E-state index contributed by atoms with van der Waals surface area (Å²) in [6, 6.07) is 3.13. The first-order valence-corrected chi connectivity index (χ1v) is 9.58. The highest BCUT2D eigenvalue weighted by atomic mass is 35.5. The van der Waals surface area contributed by atoms with E-state index in [-0.39, 0.29) is 23.8 Å². The summed E-state index contributed by atoms with van der Waals surface area (Å²) in [5.41, 5.74) is -0.00152. The van der Waals surface area contributed by atoms with Crippen LogP contribution in [0.15, 0.2) is 54.6 Å². The normalized spacial score (nSPS) is 17.8. The Labute approximate surface area is 178 Å². The second kappa shape index (κ2) is 9.47. The number of carbonyl (C=O) groups is 2. The SMILES string of the molecule is CC1(NC(=O)c2nccnc2C(=O)Nc2ccc(Cl)cn2)C=CC(NCCO)=CC1. The fourth-order valence-corrected chi connectivity index (χ4v) is 2.88. The van der Waals surface area contributed by atoms with Crippen molar-refractivity contribution in [2.45, 2.75) is 18.9 Å². The molecule has 0 radical (unpaired) electrons. The number of pyridine rings is 1. The minimum absolute atomic E-state index is 0.0300. The molecule has 1 aliphatic carbocycles. The molecule has 156 valence electrons. The van der Waals surface area contributed by atoms with Crippen LogP contribution in [0.5, 0.6) is 0 Å². The minimum atomic E-state index is -0.662. The molecule has 0 aliphatic heterocycles. The van der Waals surface area contributed by atoms with Crippen molar-refractivity contribution in [1.82, 2.24) is 25.6 Å². The van der Waals surface area contributed by atoms with E-state index in [1.807, 2.05) is 25.2 Å². The Morgan fingerprint density at radius 1 is 1.17 bits per heavy atom. The van der Waals surface area contributed by atoms with Crippen LogP contribution in [0.2, 0.25) is 5.02 Å². The van der Waals surface area contributed by atoms with Gasteiger partial charge in [-0.2, -0.15) is 0 Å². The Hall–Kier alpha value is -3.30. The lowest BCUT2D eigenvalue weighted by molar-refractivity contribution is 0.0905. The monoisotopic (exact) mass is 428 g/mol. The first kappa shape index (κ1) is 21.4. The van der Waals surface area contributed by atoms with E-state index in [0.717, 1.165) is 5.70 Å². The minimum Gasteiger partial charge on any atom is -0.395 e. The predicted molar refractivity (Wildman–Crippen MR) is 112 cm³/mol. The molecule has 10 heteroatoms. The summed E-state index contributed by atoms with van der Waals surface area (Å²) in [5.74, 6) is -0.857. The summed E-state index contributed by atoms with van der Waals surface area (Å²) < 4.78 is 0. The fraction of sp³-hybridized carbons (Fsp3) is 0.250. The molecule has 0 spiro atoms. The predicted octanol–water partition coefficient (Wildman–Crippen LogP) is 1.69. The molecule has 1 aliphatic rings. The summed E-state index contributed by atoms with van der Waals surface area (Å²) in [6.07, 6.45) is 10.2. The van der Waals surface area contributed by atoms with E-state index in [4.69, 9.17) is 16.7 Å². The van der Waals surface area contributed by atoms with Crippen molar-refractivity contribution in [3.63, 3.8) is 0 Å². The van der Waals surface area contributed by atoms with Crippen molar-refractivity contribution in [2.24, 2.45) is 0 Å². The molecule has 2 aromatic heterocycles. The number of aliphatic hydroxyl groups excluding tert-OH is 1. The molecule has 30 heavy (non-hydrogen) atoms. The van der Waals surface area contributed by atoms with Crippen LogP contribution in [0.25, 0.3) is 0 Å². The van der Waals surface area contributed by atoms with Crippen LogP contribution >= 0.6 is 11.6 Å². The molecule has 0 saturated carbocycles. The zero-order valence-corrected chi connectivity index (χ0v) is 17.0. The average Bonchev–Trinajstić information content (AvgIpc) is 2.75. The number of hydrogen-bond donors (Lipinski definition) is 4. The standard InChI is InChI=1S/C20H21ClN6O3/c1-20(6-4-14(5-7-20)22-10-11-28)27-19(30)17-16(23-8-9-24-17)18(29)26-15-3-2-13(21)12-25-15/h2-6,8-9,12,22,28H,7,10-11H2,1H3,(H,27,30)(H,25,26,29). The first-order valence-electron chi connectivity index (χ1n) is 9.21. The second-order valence-electron chi connectivity index (χ2n) is 6.79. The van der Waals surface area contributed by atoms with Gasteiger partial charge in [0.2, 0.25) is 0 Å². The van der Waals surface area contributed by atoms with Crippen molar-refractivity contribution < 1.29 is 14.7 Å². The van der Waals surface area contributed by atoms with Gasteiger partial charge in [-0.05, 0) is 31.6 Å². The smallest absolute Gasteiger partial charge is 0.277 e.